The van der Waals surface area contributed by atoms with Crippen molar-refractivity contribution in [3.05, 3.63) is 0 Å². The largest absolute Gasteiger partial charge is 1.00 e. The molecule has 0 spiro atoms. The van der Waals surface area contributed by atoms with Crippen LogP contribution in [0.15, 0.2) is 4.99 Å². The molecular weight excluding hydrogens is 194 g/mol. The Kier molecular flexibility index (Phi) is 26.8. The average Bonchev–Trinajstić information content (AvgIpc) is 1.35. The van der Waals surface area contributed by atoms with E-state index in [1.165, 1.54) is 6.19 Å². The quantitative estimate of drug-likeness (QED) is 0.127. The molecule has 0 aliphatic carbocycles. The van der Waals surface area contributed by atoms with Gasteiger partial charge in [-0.05, 0) is 0 Å². The first-order chi connectivity index (χ1) is 2.77. The summed E-state index contributed by atoms with van der Waals surface area (Å²) in [5.74, 6) is 0. The summed E-state index contributed by atoms with van der Waals surface area (Å²) in [5, 5.41) is 7.67. The van der Waals surface area contributed by atoms with Crippen molar-refractivity contribution in [1.82, 2.24) is 0 Å². The molecule has 0 aliphatic heterocycles. The zero-order valence-corrected chi connectivity index (χ0v) is 12.6. The second kappa shape index (κ2) is 12.5. The minimum absolute atomic E-state index is 0. The van der Waals surface area contributed by atoms with Gasteiger partial charge >= 0.3 is 103 Å². The Morgan fingerprint density at radius 1 is 1.38 bits per heavy atom. The van der Waals surface area contributed by atoms with Gasteiger partial charge in [0.1, 0.15) is 0 Å². The number of aliphatic imine (C=N–C) groups is 1. The predicted molar refractivity (Wildman–Crippen MR) is 27.8 cm³/mol. The van der Waals surface area contributed by atoms with E-state index in [1.807, 2.05) is 0 Å². The van der Waals surface area contributed by atoms with Crippen molar-refractivity contribution >= 4 is 29.6 Å². The molecule has 0 saturated heterocycles. The third kappa shape index (κ3) is 15.9. The van der Waals surface area contributed by atoms with Gasteiger partial charge < -0.3 is 25.3 Å². The summed E-state index contributed by atoms with van der Waals surface area (Å²) in [6, 6.07) is 0. The van der Waals surface area contributed by atoms with E-state index in [0.717, 1.165) is 0 Å². The zero-order chi connectivity index (χ0) is 4.99. The Balaban J connectivity index is -0.000000125. The van der Waals surface area contributed by atoms with Gasteiger partial charge in [-0.2, -0.15) is 5.26 Å². The third-order valence-corrected chi connectivity index (χ3v) is 0.324. The smallest absolute Gasteiger partial charge is 0.788 e. The third-order valence-electron chi connectivity index (χ3n) is 0.141. The van der Waals surface area contributed by atoms with Crippen molar-refractivity contribution in [3.63, 3.8) is 0 Å². The van der Waals surface area contributed by atoms with Crippen LogP contribution in [0.3, 0.4) is 0 Å². The number of nitriles is 1. The molecule has 0 fully saturated rings. The van der Waals surface area contributed by atoms with Crippen LogP contribution in [0.25, 0.3) is 0 Å². The van der Waals surface area contributed by atoms with Crippen LogP contribution in [0, 0.1) is 11.5 Å². The Hall–Kier alpha value is 2.87. The SMILES string of the molecule is N#CN=C([S-])[S-].[K+].[K+]. The average molecular weight is 194 g/mol. The number of rotatable bonds is 0. The molecule has 0 saturated carbocycles. The molecule has 32 valence electrons. The van der Waals surface area contributed by atoms with Crippen molar-refractivity contribution in [1.29, 1.82) is 5.26 Å². The second-order valence-corrected chi connectivity index (χ2v) is 1.51. The van der Waals surface area contributed by atoms with E-state index >= 15 is 0 Å². The monoisotopic (exact) mass is 194 g/mol. The van der Waals surface area contributed by atoms with Crippen LogP contribution in [-0.2, 0) is 25.3 Å². The molecule has 0 atom stereocenters. The fraction of sp³-hybridized carbons (Fsp3) is 0. The molecule has 0 aromatic heterocycles. The summed E-state index contributed by atoms with van der Waals surface area (Å²) in [7, 11) is 0. The van der Waals surface area contributed by atoms with Crippen LogP contribution in [-0.4, -0.2) is 4.38 Å². The van der Waals surface area contributed by atoms with Gasteiger partial charge in [-0.25, -0.2) is 9.37 Å². The molecule has 0 unspecified atom stereocenters. The Morgan fingerprint density at radius 3 is 1.75 bits per heavy atom. The molecule has 0 bridgehead atoms. The molecule has 0 radical (unpaired) electrons. The predicted octanol–water partition coefficient (Wildman–Crippen LogP) is -6.07. The molecule has 0 N–H and O–H groups in total. The first-order valence-corrected chi connectivity index (χ1v) is 1.90. The molecule has 0 rings (SSSR count). The Labute approximate surface area is 145 Å². The number of hydrogen-bond acceptors (Lipinski definition) is 4. The molecular formula is C2K2N2S2. The van der Waals surface area contributed by atoms with Crippen LogP contribution in [0.2, 0.25) is 0 Å². The van der Waals surface area contributed by atoms with Crippen LogP contribution < -0.4 is 103 Å². The van der Waals surface area contributed by atoms with Gasteiger partial charge in [0.15, 0.2) is 0 Å². The number of nitrogens with zero attached hydrogens (tertiary/aromatic N) is 2. The maximum atomic E-state index is 7.67. The maximum Gasteiger partial charge on any atom is 1.00 e. The molecule has 0 aromatic carbocycles. The molecule has 6 heteroatoms. The molecule has 0 aliphatic rings. The first kappa shape index (κ1) is 17.1. The van der Waals surface area contributed by atoms with Gasteiger partial charge in [0.25, 0.3) is 0 Å². The fourth-order valence-electron chi connectivity index (χ4n) is 0.0408. The summed E-state index contributed by atoms with van der Waals surface area (Å²) in [6.07, 6.45) is 1.45. The first-order valence-electron chi connectivity index (χ1n) is 1.08. The molecule has 0 amide bonds. The van der Waals surface area contributed by atoms with E-state index in [0.29, 0.717) is 0 Å². The summed E-state index contributed by atoms with van der Waals surface area (Å²) in [4.78, 5) is 2.98. The van der Waals surface area contributed by atoms with Gasteiger partial charge in [0.2, 0.25) is 6.19 Å². The molecule has 0 heterocycles. The Bertz CT molecular complexity index is 103. The summed E-state index contributed by atoms with van der Waals surface area (Å²) < 4.78 is -0.0301. The zero-order valence-electron chi connectivity index (χ0n) is 4.71. The van der Waals surface area contributed by atoms with Crippen molar-refractivity contribution in [2.45, 2.75) is 0 Å². The summed E-state index contributed by atoms with van der Waals surface area (Å²) in [5.41, 5.74) is 0. The summed E-state index contributed by atoms with van der Waals surface area (Å²) >= 11 is 8.44. The van der Waals surface area contributed by atoms with Crippen LogP contribution >= 0.6 is 0 Å². The van der Waals surface area contributed by atoms with E-state index in [-0.39, 0.29) is 107 Å². The standard InChI is InChI=1S/C2H2N2S2.2K/c3-1-4-2(5)6;;/h(H2,4,5,6);;/q;2*+1/p-2. The van der Waals surface area contributed by atoms with Gasteiger partial charge in [-0.15, -0.1) is 0 Å². The van der Waals surface area contributed by atoms with Crippen molar-refractivity contribution < 1.29 is 103 Å². The van der Waals surface area contributed by atoms with Crippen molar-refractivity contribution in [2.24, 2.45) is 4.99 Å². The van der Waals surface area contributed by atoms with Crippen LogP contribution in [0.5, 0.6) is 0 Å². The van der Waals surface area contributed by atoms with Gasteiger partial charge in [-0.1, -0.05) is 0 Å². The van der Waals surface area contributed by atoms with E-state index in [2.05, 4.69) is 30.2 Å². The van der Waals surface area contributed by atoms with Gasteiger partial charge in [-0.3, -0.25) is 0 Å². The van der Waals surface area contributed by atoms with E-state index in [1.54, 1.807) is 0 Å². The number of hydrogen-bond donors (Lipinski definition) is 0. The van der Waals surface area contributed by atoms with E-state index in [9.17, 15) is 0 Å². The van der Waals surface area contributed by atoms with Crippen molar-refractivity contribution in [3.8, 4) is 6.19 Å². The van der Waals surface area contributed by atoms with E-state index < -0.39 is 0 Å². The minimum atomic E-state index is -0.0301. The molecule has 0 aromatic rings. The topological polar surface area (TPSA) is 36.1 Å². The minimum Gasteiger partial charge on any atom is -0.788 e. The molecule has 8 heavy (non-hydrogen) atoms. The second-order valence-electron chi connectivity index (χ2n) is 0.478. The van der Waals surface area contributed by atoms with Crippen LogP contribution in [0.1, 0.15) is 0 Å². The van der Waals surface area contributed by atoms with Crippen molar-refractivity contribution in [2.75, 3.05) is 0 Å². The van der Waals surface area contributed by atoms with Gasteiger partial charge in [0.05, 0.1) is 0 Å². The molecule has 2 nitrogen and oxygen atoms in total. The normalized spacial score (nSPS) is 4.38. The Morgan fingerprint density at radius 2 is 1.75 bits per heavy atom. The van der Waals surface area contributed by atoms with E-state index in [4.69, 9.17) is 5.26 Å². The summed E-state index contributed by atoms with van der Waals surface area (Å²) in [6.45, 7) is 0. The van der Waals surface area contributed by atoms with Crippen LogP contribution in [0.4, 0.5) is 0 Å². The fourth-order valence-corrected chi connectivity index (χ4v) is 0.122. The maximum absolute atomic E-state index is 7.67. The van der Waals surface area contributed by atoms with Gasteiger partial charge in [0, 0.05) is 0 Å².